The third-order valence-corrected chi connectivity index (χ3v) is 2.94. The van der Waals surface area contributed by atoms with Gasteiger partial charge in [0.15, 0.2) is 0 Å². The molecule has 0 aliphatic carbocycles. The molecule has 4 nitrogen and oxygen atoms in total. The summed E-state index contributed by atoms with van der Waals surface area (Å²) in [5, 5.41) is 10.1. The highest BCUT2D eigenvalue weighted by Gasteiger charge is 2.41. The van der Waals surface area contributed by atoms with Crippen LogP contribution >= 0.6 is 0 Å². The SMILES string of the molecule is CCCC1(O)CN(c2nc(C)cc(C)n2)C1. The van der Waals surface area contributed by atoms with Gasteiger partial charge in [0, 0.05) is 11.4 Å². The van der Waals surface area contributed by atoms with E-state index in [9.17, 15) is 5.11 Å². The van der Waals surface area contributed by atoms with Crippen molar-refractivity contribution in [2.45, 2.75) is 39.2 Å². The second-order valence-corrected chi connectivity index (χ2v) is 4.78. The zero-order chi connectivity index (χ0) is 11.8. The predicted octanol–water partition coefficient (Wildman–Crippen LogP) is 1.44. The lowest BCUT2D eigenvalue weighted by atomic mass is 9.90. The summed E-state index contributed by atoms with van der Waals surface area (Å²) in [7, 11) is 0. The average molecular weight is 221 g/mol. The van der Waals surface area contributed by atoms with Gasteiger partial charge in [0.25, 0.3) is 0 Å². The molecule has 1 N–H and O–H groups in total. The molecule has 0 amide bonds. The molecule has 1 aliphatic rings. The highest BCUT2D eigenvalue weighted by molar-refractivity contribution is 5.38. The summed E-state index contributed by atoms with van der Waals surface area (Å²) in [6.07, 6.45) is 1.87. The molecule has 0 saturated carbocycles. The van der Waals surface area contributed by atoms with E-state index < -0.39 is 5.60 Å². The topological polar surface area (TPSA) is 49.2 Å². The van der Waals surface area contributed by atoms with Gasteiger partial charge in [0.1, 0.15) is 0 Å². The molecule has 0 bridgehead atoms. The monoisotopic (exact) mass is 221 g/mol. The van der Waals surface area contributed by atoms with Crippen molar-refractivity contribution < 1.29 is 5.11 Å². The van der Waals surface area contributed by atoms with Crippen molar-refractivity contribution in [3.8, 4) is 0 Å². The number of aliphatic hydroxyl groups is 1. The van der Waals surface area contributed by atoms with Gasteiger partial charge >= 0.3 is 0 Å². The number of aromatic nitrogens is 2. The molecule has 0 radical (unpaired) electrons. The quantitative estimate of drug-likeness (QED) is 0.839. The maximum atomic E-state index is 10.1. The molecule has 1 aromatic heterocycles. The molecule has 0 unspecified atom stereocenters. The highest BCUT2D eigenvalue weighted by Crippen LogP contribution is 2.28. The third kappa shape index (κ3) is 2.16. The van der Waals surface area contributed by atoms with E-state index in [1.54, 1.807) is 0 Å². The molecule has 0 atom stereocenters. The molecule has 16 heavy (non-hydrogen) atoms. The van der Waals surface area contributed by atoms with E-state index in [-0.39, 0.29) is 0 Å². The van der Waals surface area contributed by atoms with Crippen LogP contribution in [0.5, 0.6) is 0 Å². The zero-order valence-corrected chi connectivity index (χ0v) is 10.2. The van der Waals surface area contributed by atoms with Crippen LogP contribution in [0.1, 0.15) is 31.2 Å². The van der Waals surface area contributed by atoms with E-state index in [0.717, 1.165) is 30.2 Å². The van der Waals surface area contributed by atoms with Crippen molar-refractivity contribution in [3.05, 3.63) is 17.5 Å². The lowest BCUT2D eigenvalue weighted by Gasteiger charge is -2.46. The van der Waals surface area contributed by atoms with E-state index >= 15 is 0 Å². The number of hydrogen-bond donors (Lipinski definition) is 1. The van der Waals surface area contributed by atoms with Gasteiger partial charge in [-0.15, -0.1) is 0 Å². The fraction of sp³-hybridized carbons (Fsp3) is 0.667. The summed E-state index contributed by atoms with van der Waals surface area (Å²) >= 11 is 0. The Morgan fingerprint density at radius 1 is 1.31 bits per heavy atom. The Hall–Kier alpha value is -1.16. The van der Waals surface area contributed by atoms with Crippen molar-refractivity contribution in [3.63, 3.8) is 0 Å². The third-order valence-electron chi connectivity index (χ3n) is 2.94. The Balaban J connectivity index is 2.06. The van der Waals surface area contributed by atoms with Crippen LogP contribution in [-0.2, 0) is 0 Å². The standard InChI is InChI=1S/C12H19N3O/c1-4-5-12(16)7-15(8-12)11-13-9(2)6-10(3)14-11/h6,16H,4-5,7-8H2,1-3H3. The van der Waals surface area contributed by atoms with Crippen LogP contribution in [0.15, 0.2) is 6.07 Å². The van der Waals surface area contributed by atoms with Gasteiger partial charge in [-0.25, -0.2) is 9.97 Å². The van der Waals surface area contributed by atoms with E-state index in [1.165, 1.54) is 0 Å². The Labute approximate surface area is 96.3 Å². The lowest BCUT2D eigenvalue weighted by Crippen LogP contribution is -2.62. The fourth-order valence-electron chi connectivity index (χ4n) is 2.28. The number of hydrogen-bond acceptors (Lipinski definition) is 4. The van der Waals surface area contributed by atoms with Gasteiger partial charge in [-0.3, -0.25) is 0 Å². The Bertz CT molecular complexity index is 366. The van der Waals surface area contributed by atoms with Gasteiger partial charge in [-0.1, -0.05) is 13.3 Å². The van der Waals surface area contributed by atoms with Crippen LogP contribution in [-0.4, -0.2) is 33.8 Å². The summed E-state index contributed by atoms with van der Waals surface area (Å²) in [6, 6.07) is 1.96. The minimum Gasteiger partial charge on any atom is -0.386 e. The number of β-amino-alcohol motifs (C(OH)–C–C–N with tert-alkyl or cyclic N) is 1. The molecule has 0 spiro atoms. The van der Waals surface area contributed by atoms with Gasteiger partial charge in [-0.05, 0) is 26.3 Å². The maximum Gasteiger partial charge on any atom is 0.225 e. The summed E-state index contributed by atoms with van der Waals surface area (Å²) in [6.45, 7) is 7.34. The first kappa shape index (κ1) is 11.3. The zero-order valence-electron chi connectivity index (χ0n) is 10.2. The van der Waals surface area contributed by atoms with Crippen molar-refractivity contribution in [1.82, 2.24) is 9.97 Å². The molecule has 1 aromatic rings. The molecule has 2 heterocycles. The van der Waals surface area contributed by atoms with Crippen LogP contribution in [0.25, 0.3) is 0 Å². The molecule has 1 saturated heterocycles. The molecular weight excluding hydrogens is 202 g/mol. The Morgan fingerprint density at radius 2 is 1.88 bits per heavy atom. The van der Waals surface area contributed by atoms with Crippen LogP contribution in [0.2, 0.25) is 0 Å². The van der Waals surface area contributed by atoms with E-state index in [4.69, 9.17) is 0 Å². The number of anilines is 1. The Morgan fingerprint density at radius 3 is 2.38 bits per heavy atom. The average Bonchev–Trinajstić information content (AvgIpc) is 2.12. The Kier molecular flexibility index (Phi) is 2.84. The number of nitrogens with zero attached hydrogens (tertiary/aromatic N) is 3. The second-order valence-electron chi connectivity index (χ2n) is 4.78. The maximum absolute atomic E-state index is 10.1. The highest BCUT2D eigenvalue weighted by atomic mass is 16.3. The van der Waals surface area contributed by atoms with Crippen molar-refractivity contribution in [2.75, 3.05) is 18.0 Å². The molecule has 1 aliphatic heterocycles. The summed E-state index contributed by atoms with van der Waals surface area (Å²) in [4.78, 5) is 10.8. The molecular formula is C12H19N3O. The largest absolute Gasteiger partial charge is 0.386 e. The lowest BCUT2D eigenvalue weighted by molar-refractivity contribution is 0.00242. The predicted molar refractivity (Wildman–Crippen MR) is 63.6 cm³/mol. The minimum atomic E-state index is -0.518. The molecule has 88 valence electrons. The molecule has 4 heteroatoms. The van der Waals surface area contributed by atoms with Gasteiger partial charge in [0.05, 0.1) is 18.7 Å². The first-order chi connectivity index (χ1) is 7.52. The second kappa shape index (κ2) is 4.01. The van der Waals surface area contributed by atoms with Crippen LogP contribution in [0, 0.1) is 13.8 Å². The number of rotatable bonds is 3. The summed E-state index contributed by atoms with van der Waals surface area (Å²) in [5.41, 5.74) is 1.44. The van der Waals surface area contributed by atoms with Crippen molar-refractivity contribution >= 4 is 5.95 Å². The number of aryl methyl sites for hydroxylation is 2. The van der Waals surface area contributed by atoms with Crippen LogP contribution in [0.3, 0.4) is 0 Å². The molecule has 0 aromatic carbocycles. The fourth-order valence-corrected chi connectivity index (χ4v) is 2.28. The van der Waals surface area contributed by atoms with Gasteiger partial charge in [0.2, 0.25) is 5.95 Å². The first-order valence-corrected chi connectivity index (χ1v) is 5.82. The molecule has 2 rings (SSSR count). The van der Waals surface area contributed by atoms with Crippen molar-refractivity contribution in [1.29, 1.82) is 0 Å². The van der Waals surface area contributed by atoms with E-state index in [0.29, 0.717) is 13.1 Å². The van der Waals surface area contributed by atoms with Crippen LogP contribution < -0.4 is 4.90 Å². The minimum absolute atomic E-state index is 0.518. The normalized spacial score (nSPS) is 18.4. The van der Waals surface area contributed by atoms with E-state index in [1.807, 2.05) is 24.8 Å². The molecule has 1 fully saturated rings. The van der Waals surface area contributed by atoms with Crippen LogP contribution in [0.4, 0.5) is 5.95 Å². The summed E-state index contributed by atoms with van der Waals surface area (Å²) in [5.74, 6) is 0.748. The summed E-state index contributed by atoms with van der Waals surface area (Å²) < 4.78 is 0. The van der Waals surface area contributed by atoms with Gasteiger partial charge in [-0.2, -0.15) is 0 Å². The van der Waals surface area contributed by atoms with Gasteiger partial charge < -0.3 is 10.0 Å². The van der Waals surface area contributed by atoms with Crippen molar-refractivity contribution in [2.24, 2.45) is 0 Å². The smallest absolute Gasteiger partial charge is 0.225 e. The van der Waals surface area contributed by atoms with E-state index in [2.05, 4.69) is 16.9 Å². The first-order valence-electron chi connectivity index (χ1n) is 5.82.